The van der Waals surface area contributed by atoms with Crippen LogP contribution >= 0.6 is 0 Å². The zero-order valence-electron chi connectivity index (χ0n) is 8.02. The lowest BCUT2D eigenvalue weighted by atomic mass is 10.2. The number of nitrogens with zero attached hydrogens (tertiary/aromatic N) is 2. The van der Waals surface area contributed by atoms with Gasteiger partial charge < -0.3 is 9.30 Å². The summed E-state index contributed by atoms with van der Waals surface area (Å²) in [5.74, 6) is -0.330. The summed E-state index contributed by atoms with van der Waals surface area (Å²) in [5, 5.41) is 0.821. The minimum Gasteiger partial charge on any atom is -0.465 e. The van der Waals surface area contributed by atoms with Crippen LogP contribution in [0.2, 0.25) is 0 Å². The Balaban J connectivity index is 2.72. The number of esters is 1. The van der Waals surface area contributed by atoms with Crippen molar-refractivity contribution in [3.05, 3.63) is 30.2 Å². The van der Waals surface area contributed by atoms with Crippen LogP contribution in [0.1, 0.15) is 10.4 Å². The lowest BCUT2D eigenvalue weighted by Crippen LogP contribution is -1.99. The first-order valence-electron chi connectivity index (χ1n) is 4.21. The maximum absolute atomic E-state index is 11.4. The van der Waals surface area contributed by atoms with E-state index in [0.717, 1.165) is 10.9 Å². The smallest absolute Gasteiger partial charge is 0.340 e. The third-order valence-corrected chi connectivity index (χ3v) is 2.20. The molecular formula is C10H10N2O2. The molecule has 4 heteroatoms. The highest BCUT2D eigenvalue weighted by Gasteiger charge is 2.13. The Labute approximate surface area is 81.1 Å². The molecule has 0 amide bonds. The Morgan fingerprint density at radius 1 is 1.57 bits per heavy atom. The molecule has 0 aromatic carbocycles. The maximum Gasteiger partial charge on any atom is 0.340 e. The molecule has 2 aromatic rings. The molecule has 0 atom stereocenters. The number of rotatable bonds is 1. The Morgan fingerprint density at radius 2 is 2.36 bits per heavy atom. The van der Waals surface area contributed by atoms with E-state index in [9.17, 15) is 4.79 Å². The molecule has 2 aromatic heterocycles. The van der Waals surface area contributed by atoms with Crippen LogP contribution in [0, 0.1) is 0 Å². The van der Waals surface area contributed by atoms with Crippen LogP contribution in [0.15, 0.2) is 24.7 Å². The summed E-state index contributed by atoms with van der Waals surface area (Å²) < 4.78 is 6.56. The van der Waals surface area contributed by atoms with Crippen molar-refractivity contribution in [1.29, 1.82) is 0 Å². The zero-order valence-corrected chi connectivity index (χ0v) is 8.02. The standard InChI is InChI=1S/C10H10N2O2/c1-12-6-8(10(13)14-2)7-5-11-4-3-9(7)12/h3-6H,1-2H3. The van der Waals surface area contributed by atoms with E-state index < -0.39 is 0 Å². The van der Waals surface area contributed by atoms with Crippen molar-refractivity contribution in [1.82, 2.24) is 9.55 Å². The summed E-state index contributed by atoms with van der Waals surface area (Å²) in [6, 6.07) is 1.86. The number of pyridine rings is 1. The second kappa shape index (κ2) is 3.14. The van der Waals surface area contributed by atoms with Crippen LogP contribution in [0.4, 0.5) is 0 Å². The fourth-order valence-electron chi connectivity index (χ4n) is 1.51. The van der Waals surface area contributed by atoms with Crippen molar-refractivity contribution in [3.63, 3.8) is 0 Å². The van der Waals surface area contributed by atoms with Crippen LogP contribution in [-0.2, 0) is 11.8 Å². The first-order chi connectivity index (χ1) is 6.74. The van der Waals surface area contributed by atoms with E-state index in [2.05, 4.69) is 9.72 Å². The quantitative estimate of drug-likeness (QED) is 0.638. The number of hydrogen-bond acceptors (Lipinski definition) is 3. The molecule has 0 N–H and O–H groups in total. The lowest BCUT2D eigenvalue weighted by molar-refractivity contribution is 0.0603. The SMILES string of the molecule is COC(=O)c1cn(C)c2ccncc12. The summed E-state index contributed by atoms with van der Waals surface area (Å²) in [5.41, 5.74) is 1.53. The van der Waals surface area contributed by atoms with E-state index in [-0.39, 0.29) is 5.97 Å². The minimum absolute atomic E-state index is 0.330. The van der Waals surface area contributed by atoms with Crippen LogP contribution in [0.25, 0.3) is 10.9 Å². The van der Waals surface area contributed by atoms with E-state index in [0.29, 0.717) is 5.56 Å². The van der Waals surface area contributed by atoms with Crippen molar-refractivity contribution in [2.75, 3.05) is 7.11 Å². The molecule has 0 spiro atoms. The van der Waals surface area contributed by atoms with Crippen molar-refractivity contribution in [2.45, 2.75) is 0 Å². The second-order valence-electron chi connectivity index (χ2n) is 3.04. The number of aryl methyl sites for hydroxylation is 1. The number of ether oxygens (including phenoxy) is 1. The molecule has 72 valence electrons. The topological polar surface area (TPSA) is 44.1 Å². The third kappa shape index (κ3) is 1.16. The Hall–Kier alpha value is -1.84. The number of carbonyl (C=O) groups excluding carboxylic acids is 1. The summed E-state index contributed by atoms with van der Waals surface area (Å²) in [4.78, 5) is 15.4. The van der Waals surface area contributed by atoms with Crippen molar-refractivity contribution >= 4 is 16.9 Å². The summed E-state index contributed by atoms with van der Waals surface area (Å²) >= 11 is 0. The predicted molar refractivity (Wildman–Crippen MR) is 52.1 cm³/mol. The molecule has 0 bridgehead atoms. The number of methoxy groups -OCH3 is 1. The molecule has 14 heavy (non-hydrogen) atoms. The Morgan fingerprint density at radius 3 is 3.07 bits per heavy atom. The van der Waals surface area contributed by atoms with Gasteiger partial charge in [0.25, 0.3) is 0 Å². The highest BCUT2D eigenvalue weighted by atomic mass is 16.5. The average Bonchev–Trinajstić information content (AvgIpc) is 2.56. The van der Waals surface area contributed by atoms with Gasteiger partial charge in [-0.3, -0.25) is 4.98 Å². The van der Waals surface area contributed by atoms with Gasteiger partial charge in [0.1, 0.15) is 0 Å². The molecule has 0 saturated carbocycles. The molecule has 0 radical (unpaired) electrons. The molecule has 4 nitrogen and oxygen atoms in total. The maximum atomic E-state index is 11.4. The van der Waals surface area contributed by atoms with Gasteiger partial charge in [0, 0.05) is 31.0 Å². The van der Waals surface area contributed by atoms with E-state index in [1.54, 1.807) is 18.6 Å². The molecule has 0 fully saturated rings. The molecule has 0 aliphatic heterocycles. The molecule has 2 heterocycles. The largest absolute Gasteiger partial charge is 0.465 e. The fourth-order valence-corrected chi connectivity index (χ4v) is 1.51. The van der Waals surface area contributed by atoms with Crippen molar-refractivity contribution in [3.8, 4) is 0 Å². The number of aromatic nitrogens is 2. The van der Waals surface area contributed by atoms with Gasteiger partial charge in [0.2, 0.25) is 0 Å². The Kier molecular flexibility index (Phi) is 1.96. The van der Waals surface area contributed by atoms with E-state index in [1.807, 2.05) is 17.7 Å². The summed E-state index contributed by atoms with van der Waals surface area (Å²) in [6.45, 7) is 0. The first kappa shape index (κ1) is 8.74. The molecular weight excluding hydrogens is 180 g/mol. The second-order valence-corrected chi connectivity index (χ2v) is 3.04. The average molecular weight is 190 g/mol. The van der Waals surface area contributed by atoms with Gasteiger partial charge in [-0.15, -0.1) is 0 Å². The van der Waals surface area contributed by atoms with E-state index in [1.165, 1.54) is 7.11 Å². The Bertz CT molecular complexity index is 488. The van der Waals surface area contributed by atoms with Crippen LogP contribution in [-0.4, -0.2) is 22.6 Å². The van der Waals surface area contributed by atoms with Gasteiger partial charge in [0.05, 0.1) is 18.2 Å². The molecule has 0 unspecified atom stereocenters. The number of hydrogen-bond donors (Lipinski definition) is 0. The van der Waals surface area contributed by atoms with Crippen molar-refractivity contribution in [2.24, 2.45) is 7.05 Å². The number of fused-ring (bicyclic) bond motifs is 1. The van der Waals surface area contributed by atoms with E-state index in [4.69, 9.17) is 0 Å². The van der Waals surface area contributed by atoms with Gasteiger partial charge in [-0.25, -0.2) is 4.79 Å². The van der Waals surface area contributed by atoms with Crippen molar-refractivity contribution < 1.29 is 9.53 Å². The molecule has 2 rings (SSSR count). The highest BCUT2D eigenvalue weighted by Crippen LogP contribution is 2.19. The zero-order chi connectivity index (χ0) is 10.1. The number of carbonyl (C=O) groups is 1. The highest BCUT2D eigenvalue weighted by molar-refractivity contribution is 6.03. The predicted octanol–water partition coefficient (Wildman–Crippen LogP) is 1.36. The summed E-state index contributed by atoms with van der Waals surface area (Å²) in [7, 11) is 3.26. The fraction of sp³-hybridized carbons (Fsp3) is 0.200. The minimum atomic E-state index is -0.330. The van der Waals surface area contributed by atoms with Gasteiger partial charge in [0.15, 0.2) is 0 Å². The van der Waals surface area contributed by atoms with Crippen LogP contribution < -0.4 is 0 Å². The van der Waals surface area contributed by atoms with Gasteiger partial charge in [-0.05, 0) is 6.07 Å². The van der Waals surface area contributed by atoms with Gasteiger partial charge in [-0.2, -0.15) is 0 Å². The normalized spacial score (nSPS) is 10.4. The first-order valence-corrected chi connectivity index (χ1v) is 4.21. The molecule has 0 aliphatic carbocycles. The lowest BCUT2D eigenvalue weighted by Gasteiger charge is -1.94. The van der Waals surface area contributed by atoms with E-state index >= 15 is 0 Å². The van der Waals surface area contributed by atoms with Gasteiger partial charge in [-0.1, -0.05) is 0 Å². The molecule has 0 saturated heterocycles. The van der Waals surface area contributed by atoms with Crippen LogP contribution in [0.3, 0.4) is 0 Å². The van der Waals surface area contributed by atoms with Gasteiger partial charge >= 0.3 is 5.97 Å². The summed E-state index contributed by atoms with van der Waals surface area (Å²) in [6.07, 6.45) is 5.11. The monoisotopic (exact) mass is 190 g/mol. The molecule has 0 aliphatic rings. The van der Waals surface area contributed by atoms with Crippen LogP contribution in [0.5, 0.6) is 0 Å². The third-order valence-electron chi connectivity index (χ3n) is 2.20.